The summed E-state index contributed by atoms with van der Waals surface area (Å²) < 4.78 is 5.07. The highest BCUT2D eigenvalue weighted by molar-refractivity contribution is 5.97. The Labute approximate surface area is 151 Å². The number of hydrogen-bond acceptors (Lipinski definition) is 5. The van der Waals surface area contributed by atoms with Gasteiger partial charge in [-0.3, -0.25) is 9.59 Å². The number of ether oxygens (including phenoxy) is 1. The van der Waals surface area contributed by atoms with Crippen molar-refractivity contribution in [2.45, 2.75) is 18.5 Å². The molecule has 1 aromatic carbocycles. The lowest BCUT2D eigenvalue weighted by Gasteiger charge is -2.34. The highest BCUT2D eigenvalue weighted by atomic mass is 16.5. The minimum absolute atomic E-state index is 0.0283. The smallest absolute Gasteiger partial charge is 0.272 e. The van der Waals surface area contributed by atoms with Gasteiger partial charge in [-0.15, -0.1) is 0 Å². The van der Waals surface area contributed by atoms with Gasteiger partial charge in [-0.25, -0.2) is 4.98 Å². The fourth-order valence-corrected chi connectivity index (χ4v) is 3.50. The molecule has 1 aromatic heterocycles. The Morgan fingerprint density at radius 3 is 2.46 bits per heavy atom. The van der Waals surface area contributed by atoms with Crippen molar-refractivity contribution in [3.8, 4) is 5.75 Å². The number of hydrogen-bond donors (Lipinski definition) is 1. The normalized spacial score (nSPS) is 21.1. The highest BCUT2D eigenvalue weighted by Crippen LogP contribution is 2.38. The van der Waals surface area contributed by atoms with Crippen LogP contribution in [0.4, 0.5) is 5.69 Å². The van der Waals surface area contributed by atoms with Gasteiger partial charge in [0.2, 0.25) is 0 Å². The molecule has 1 aliphatic heterocycles. The molecule has 7 heteroatoms. The first-order chi connectivity index (χ1) is 12.6. The lowest BCUT2D eigenvalue weighted by atomic mass is 10.1. The van der Waals surface area contributed by atoms with Gasteiger partial charge in [0, 0.05) is 24.3 Å². The van der Waals surface area contributed by atoms with Crippen LogP contribution in [0.1, 0.15) is 27.3 Å². The number of fused-ring (bicyclic) bond motifs is 1. The highest BCUT2D eigenvalue weighted by Gasteiger charge is 2.52. The Kier molecular flexibility index (Phi) is 3.99. The van der Waals surface area contributed by atoms with Crippen LogP contribution in [-0.4, -0.2) is 58.9 Å². The summed E-state index contributed by atoms with van der Waals surface area (Å²) in [6.45, 7) is 1.01. The van der Waals surface area contributed by atoms with Crippen molar-refractivity contribution in [2.24, 2.45) is 0 Å². The van der Waals surface area contributed by atoms with Gasteiger partial charge in [0.15, 0.2) is 0 Å². The fourth-order valence-electron chi connectivity index (χ4n) is 3.50. The summed E-state index contributed by atoms with van der Waals surface area (Å²) in [5, 5.41) is 0. The van der Waals surface area contributed by atoms with Crippen LogP contribution in [-0.2, 0) is 0 Å². The quantitative estimate of drug-likeness (QED) is 0.844. The van der Waals surface area contributed by atoms with Crippen LogP contribution in [0.5, 0.6) is 5.75 Å². The van der Waals surface area contributed by atoms with Crippen LogP contribution >= 0.6 is 0 Å². The van der Waals surface area contributed by atoms with E-state index >= 15 is 0 Å². The number of nitrogens with zero attached hydrogens (tertiary/aromatic N) is 3. The minimum Gasteiger partial charge on any atom is -0.495 e. The summed E-state index contributed by atoms with van der Waals surface area (Å²) in [7, 11) is 1.56. The summed E-state index contributed by atoms with van der Waals surface area (Å²) in [6, 6.07) is 10.5. The molecular weight excluding hydrogens is 332 g/mol. The number of nitrogen functional groups attached to an aromatic ring is 1. The molecule has 1 saturated carbocycles. The average molecular weight is 352 g/mol. The molecular formula is C19H20N4O3. The van der Waals surface area contributed by atoms with Gasteiger partial charge in [-0.05, 0) is 36.8 Å². The summed E-state index contributed by atoms with van der Waals surface area (Å²) >= 11 is 0. The number of benzene rings is 1. The molecule has 2 aromatic rings. The lowest BCUT2D eigenvalue weighted by Crippen LogP contribution is -2.50. The van der Waals surface area contributed by atoms with Crippen molar-refractivity contribution in [1.82, 2.24) is 14.8 Å². The number of methoxy groups -OCH3 is 1. The van der Waals surface area contributed by atoms with E-state index in [9.17, 15) is 9.59 Å². The number of amides is 2. The van der Waals surface area contributed by atoms with E-state index in [1.165, 1.54) is 6.20 Å². The Balaban J connectivity index is 1.45. The monoisotopic (exact) mass is 352 g/mol. The number of nitrogens with two attached hydrogens (primary N) is 1. The zero-order valence-corrected chi connectivity index (χ0v) is 14.5. The van der Waals surface area contributed by atoms with Crippen molar-refractivity contribution in [3.63, 3.8) is 0 Å². The van der Waals surface area contributed by atoms with Crippen molar-refractivity contribution >= 4 is 17.5 Å². The standard InChI is InChI=1S/C19H20N4O3/c1-26-14-5-6-15(21-11-14)19(25)23-8-7-22(16-10-17(16)23)18(24)12-3-2-4-13(20)9-12/h2-6,9,11,16-17H,7-8,10,20H2,1H3. The van der Waals surface area contributed by atoms with Crippen LogP contribution in [0, 0.1) is 0 Å². The molecule has 26 heavy (non-hydrogen) atoms. The third kappa shape index (κ3) is 2.85. The van der Waals surface area contributed by atoms with E-state index in [0.29, 0.717) is 35.8 Å². The van der Waals surface area contributed by atoms with E-state index in [1.54, 1.807) is 43.5 Å². The number of anilines is 1. The van der Waals surface area contributed by atoms with Gasteiger partial charge < -0.3 is 20.3 Å². The van der Waals surface area contributed by atoms with Gasteiger partial charge in [-0.2, -0.15) is 0 Å². The third-order valence-corrected chi connectivity index (χ3v) is 4.95. The number of carbonyl (C=O) groups excluding carboxylic acids is 2. The Bertz CT molecular complexity index is 852. The maximum Gasteiger partial charge on any atom is 0.272 e. The molecule has 0 bridgehead atoms. The molecule has 2 amide bonds. The summed E-state index contributed by atoms with van der Waals surface area (Å²) in [5.41, 5.74) is 7.34. The maximum absolute atomic E-state index is 12.7. The van der Waals surface area contributed by atoms with Crippen LogP contribution in [0.15, 0.2) is 42.6 Å². The summed E-state index contributed by atoms with van der Waals surface area (Å²) in [5.74, 6) is 0.485. The first kappa shape index (κ1) is 16.4. The van der Waals surface area contributed by atoms with Gasteiger partial charge >= 0.3 is 0 Å². The molecule has 2 aliphatic rings. The number of rotatable bonds is 3. The van der Waals surface area contributed by atoms with Crippen LogP contribution < -0.4 is 10.5 Å². The molecule has 0 spiro atoms. The minimum atomic E-state index is -0.101. The second-order valence-electron chi connectivity index (χ2n) is 6.58. The molecule has 1 saturated heterocycles. The van der Waals surface area contributed by atoms with Crippen molar-refractivity contribution in [3.05, 3.63) is 53.9 Å². The molecule has 2 atom stereocenters. The van der Waals surface area contributed by atoms with E-state index < -0.39 is 0 Å². The van der Waals surface area contributed by atoms with Gasteiger partial charge in [0.05, 0.1) is 25.4 Å². The fraction of sp³-hybridized carbons (Fsp3) is 0.316. The largest absolute Gasteiger partial charge is 0.495 e. The molecule has 2 fully saturated rings. The number of carbonyl (C=O) groups is 2. The molecule has 134 valence electrons. The zero-order chi connectivity index (χ0) is 18.3. The average Bonchev–Trinajstić information content (AvgIpc) is 3.47. The van der Waals surface area contributed by atoms with Crippen LogP contribution in [0.3, 0.4) is 0 Å². The van der Waals surface area contributed by atoms with E-state index in [2.05, 4.69) is 4.98 Å². The Hall–Kier alpha value is -3.09. The second-order valence-corrected chi connectivity index (χ2v) is 6.58. The van der Waals surface area contributed by atoms with Crippen molar-refractivity contribution in [2.75, 3.05) is 25.9 Å². The molecule has 1 aliphatic carbocycles. The summed E-state index contributed by atoms with van der Waals surface area (Å²) in [6.07, 6.45) is 2.34. The van der Waals surface area contributed by atoms with Crippen LogP contribution in [0.2, 0.25) is 0 Å². The summed E-state index contributed by atoms with van der Waals surface area (Å²) in [4.78, 5) is 33.3. The molecule has 2 N–H and O–H groups in total. The second kappa shape index (κ2) is 6.33. The Morgan fingerprint density at radius 1 is 1.12 bits per heavy atom. The first-order valence-corrected chi connectivity index (χ1v) is 8.56. The zero-order valence-electron chi connectivity index (χ0n) is 14.5. The van der Waals surface area contributed by atoms with E-state index in [-0.39, 0.29) is 23.9 Å². The molecule has 0 radical (unpaired) electrons. The van der Waals surface area contributed by atoms with Gasteiger partial charge in [-0.1, -0.05) is 6.07 Å². The topological polar surface area (TPSA) is 88.8 Å². The predicted octanol–water partition coefficient (Wildman–Crippen LogP) is 1.41. The van der Waals surface area contributed by atoms with E-state index in [1.807, 2.05) is 9.80 Å². The number of piperazine rings is 1. The van der Waals surface area contributed by atoms with E-state index in [4.69, 9.17) is 10.5 Å². The molecule has 4 rings (SSSR count). The van der Waals surface area contributed by atoms with E-state index in [0.717, 1.165) is 6.42 Å². The molecule has 2 unspecified atom stereocenters. The number of aromatic nitrogens is 1. The number of pyridine rings is 1. The maximum atomic E-state index is 12.7. The van der Waals surface area contributed by atoms with Crippen LogP contribution in [0.25, 0.3) is 0 Å². The first-order valence-electron chi connectivity index (χ1n) is 8.56. The van der Waals surface area contributed by atoms with Crippen molar-refractivity contribution in [1.29, 1.82) is 0 Å². The van der Waals surface area contributed by atoms with Gasteiger partial charge in [0.1, 0.15) is 11.4 Å². The Morgan fingerprint density at radius 2 is 1.85 bits per heavy atom. The van der Waals surface area contributed by atoms with Gasteiger partial charge in [0.25, 0.3) is 11.8 Å². The molecule has 7 nitrogen and oxygen atoms in total. The predicted molar refractivity (Wildman–Crippen MR) is 95.9 cm³/mol. The SMILES string of the molecule is COc1ccc(C(=O)N2CCN(C(=O)c3cccc(N)c3)C3CC32)nc1. The third-order valence-electron chi connectivity index (χ3n) is 4.95. The lowest BCUT2D eigenvalue weighted by molar-refractivity contribution is 0.0523. The molecule has 2 heterocycles. The van der Waals surface area contributed by atoms with Crippen molar-refractivity contribution < 1.29 is 14.3 Å².